The van der Waals surface area contributed by atoms with Crippen LogP contribution in [0.3, 0.4) is 0 Å². The first-order valence-electron chi connectivity index (χ1n) is 6.94. The monoisotopic (exact) mass is 265 g/mol. The lowest BCUT2D eigenvalue weighted by Gasteiger charge is -2.23. The third-order valence-corrected chi connectivity index (χ3v) is 2.89. The molecule has 0 unspecified atom stereocenters. The Hall–Kier alpha value is -1.06. The standard InChI is InChI=1S/C16H27NO2/c1-12(2)17-10-13(18)11-19-15-9-7-6-8-14(15)16(3,4)5/h6-9,12-13,17-18H,10-11H2,1-5H3/t13-/m1/s1. The molecule has 0 radical (unpaired) electrons. The summed E-state index contributed by atoms with van der Waals surface area (Å²) in [7, 11) is 0. The summed E-state index contributed by atoms with van der Waals surface area (Å²) < 4.78 is 5.77. The van der Waals surface area contributed by atoms with E-state index in [1.165, 1.54) is 5.56 Å². The zero-order chi connectivity index (χ0) is 14.5. The highest BCUT2D eigenvalue weighted by molar-refractivity contribution is 5.38. The van der Waals surface area contributed by atoms with Crippen LogP contribution in [0, 0.1) is 0 Å². The maximum absolute atomic E-state index is 9.87. The molecular weight excluding hydrogens is 238 g/mol. The van der Waals surface area contributed by atoms with Gasteiger partial charge in [0.1, 0.15) is 18.5 Å². The number of hydrogen-bond acceptors (Lipinski definition) is 3. The van der Waals surface area contributed by atoms with Crippen LogP contribution in [-0.4, -0.2) is 30.4 Å². The van der Waals surface area contributed by atoms with Crippen molar-refractivity contribution in [2.24, 2.45) is 0 Å². The zero-order valence-electron chi connectivity index (χ0n) is 12.7. The molecule has 2 N–H and O–H groups in total. The van der Waals surface area contributed by atoms with E-state index >= 15 is 0 Å². The Bertz CT molecular complexity index is 383. The SMILES string of the molecule is CC(C)NC[C@@H](O)COc1ccccc1C(C)(C)C. The molecule has 0 fully saturated rings. The van der Waals surface area contributed by atoms with Gasteiger partial charge < -0.3 is 15.2 Å². The molecule has 0 aromatic heterocycles. The van der Waals surface area contributed by atoms with Gasteiger partial charge in [-0.05, 0) is 17.0 Å². The number of ether oxygens (including phenoxy) is 1. The van der Waals surface area contributed by atoms with Crippen molar-refractivity contribution >= 4 is 0 Å². The lowest BCUT2D eigenvalue weighted by atomic mass is 9.86. The Kier molecular flexibility index (Phi) is 5.83. The van der Waals surface area contributed by atoms with E-state index in [1.807, 2.05) is 18.2 Å². The van der Waals surface area contributed by atoms with Gasteiger partial charge in [0, 0.05) is 12.6 Å². The summed E-state index contributed by atoms with van der Waals surface area (Å²) in [5, 5.41) is 13.1. The van der Waals surface area contributed by atoms with Crippen LogP contribution in [0.2, 0.25) is 0 Å². The van der Waals surface area contributed by atoms with Gasteiger partial charge in [0.15, 0.2) is 0 Å². The molecule has 19 heavy (non-hydrogen) atoms. The fourth-order valence-corrected chi connectivity index (χ4v) is 1.83. The maximum Gasteiger partial charge on any atom is 0.123 e. The van der Waals surface area contributed by atoms with Crippen molar-refractivity contribution in [3.8, 4) is 5.75 Å². The molecule has 3 nitrogen and oxygen atoms in total. The van der Waals surface area contributed by atoms with Gasteiger partial charge in [0.25, 0.3) is 0 Å². The third kappa shape index (κ3) is 5.62. The highest BCUT2D eigenvalue weighted by Crippen LogP contribution is 2.30. The second kappa shape index (κ2) is 6.92. The molecule has 0 saturated heterocycles. The average molecular weight is 265 g/mol. The van der Waals surface area contributed by atoms with E-state index in [0.717, 1.165) is 5.75 Å². The number of para-hydroxylation sites is 1. The first kappa shape index (κ1) is 16.0. The van der Waals surface area contributed by atoms with Crippen LogP contribution in [-0.2, 0) is 5.41 Å². The molecule has 0 bridgehead atoms. The van der Waals surface area contributed by atoms with Crippen molar-refractivity contribution < 1.29 is 9.84 Å². The van der Waals surface area contributed by atoms with E-state index < -0.39 is 6.10 Å². The largest absolute Gasteiger partial charge is 0.491 e. The van der Waals surface area contributed by atoms with Gasteiger partial charge in [-0.3, -0.25) is 0 Å². The van der Waals surface area contributed by atoms with Crippen LogP contribution in [0.15, 0.2) is 24.3 Å². The molecule has 1 aromatic rings. The van der Waals surface area contributed by atoms with Gasteiger partial charge in [0.2, 0.25) is 0 Å². The fourth-order valence-electron chi connectivity index (χ4n) is 1.83. The first-order chi connectivity index (χ1) is 8.80. The second-order valence-electron chi connectivity index (χ2n) is 6.27. The normalized spacial score (nSPS) is 13.6. The van der Waals surface area contributed by atoms with Crippen LogP contribution < -0.4 is 10.1 Å². The summed E-state index contributed by atoms with van der Waals surface area (Å²) >= 11 is 0. The Morgan fingerprint density at radius 3 is 2.42 bits per heavy atom. The van der Waals surface area contributed by atoms with Crippen LogP contribution in [0.5, 0.6) is 5.75 Å². The van der Waals surface area contributed by atoms with E-state index in [0.29, 0.717) is 19.2 Å². The molecule has 0 aliphatic heterocycles. The number of rotatable bonds is 6. The highest BCUT2D eigenvalue weighted by Gasteiger charge is 2.18. The van der Waals surface area contributed by atoms with Gasteiger partial charge in [-0.25, -0.2) is 0 Å². The van der Waals surface area contributed by atoms with Crippen LogP contribution in [0.25, 0.3) is 0 Å². The number of benzene rings is 1. The van der Waals surface area contributed by atoms with Gasteiger partial charge >= 0.3 is 0 Å². The Morgan fingerprint density at radius 1 is 1.21 bits per heavy atom. The molecule has 0 saturated carbocycles. The van der Waals surface area contributed by atoms with Gasteiger partial charge in [-0.15, -0.1) is 0 Å². The quantitative estimate of drug-likeness (QED) is 0.831. The Labute approximate surface area is 117 Å². The van der Waals surface area contributed by atoms with E-state index in [1.54, 1.807) is 0 Å². The predicted octanol–water partition coefficient (Wildman–Crippen LogP) is 2.72. The van der Waals surface area contributed by atoms with Crippen molar-refractivity contribution in [1.29, 1.82) is 0 Å². The van der Waals surface area contributed by atoms with Crippen molar-refractivity contribution in [2.45, 2.75) is 52.2 Å². The van der Waals surface area contributed by atoms with Crippen molar-refractivity contribution in [1.82, 2.24) is 5.32 Å². The number of aliphatic hydroxyl groups is 1. The predicted molar refractivity (Wildman–Crippen MR) is 79.8 cm³/mol. The number of hydrogen-bond donors (Lipinski definition) is 2. The molecule has 1 rings (SSSR count). The van der Waals surface area contributed by atoms with Crippen molar-refractivity contribution in [2.75, 3.05) is 13.2 Å². The summed E-state index contributed by atoms with van der Waals surface area (Å²) in [6.45, 7) is 11.5. The molecular formula is C16H27NO2. The summed E-state index contributed by atoms with van der Waals surface area (Å²) in [6.07, 6.45) is -0.490. The molecule has 0 amide bonds. The maximum atomic E-state index is 9.87. The van der Waals surface area contributed by atoms with E-state index in [9.17, 15) is 5.11 Å². The van der Waals surface area contributed by atoms with E-state index in [-0.39, 0.29) is 5.41 Å². The average Bonchev–Trinajstić information content (AvgIpc) is 2.33. The summed E-state index contributed by atoms with van der Waals surface area (Å²) in [5.41, 5.74) is 1.21. The van der Waals surface area contributed by atoms with Crippen molar-refractivity contribution in [3.63, 3.8) is 0 Å². The van der Waals surface area contributed by atoms with Gasteiger partial charge in [-0.1, -0.05) is 52.8 Å². The third-order valence-electron chi connectivity index (χ3n) is 2.89. The van der Waals surface area contributed by atoms with Gasteiger partial charge in [0.05, 0.1) is 0 Å². The van der Waals surface area contributed by atoms with Gasteiger partial charge in [-0.2, -0.15) is 0 Å². The van der Waals surface area contributed by atoms with Crippen LogP contribution >= 0.6 is 0 Å². The summed E-state index contributed by atoms with van der Waals surface area (Å²) in [5.74, 6) is 0.860. The molecule has 1 atom stereocenters. The molecule has 0 aliphatic rings. The number of nitrogens with one attached hydrogen (secondary N) is 1. The lowest BCUT2D eigenvalue weighted by molar-refractivity contribution is 0.103. The Morgan fingerprint density at radius 2 is 1.84 bits per heavy atom. The summed E-state index contributed by atoms with van der Waals surface area (Å²) in [4.78, 5) is 0. The second-order valence-corrected chi connectivity index (χ2v) is 6.27. The highest BCUT2D eigenvalue weighted by atomic mass is 16.5. The molecule has 1 aromatic carbocycles. The topological polar surface area (TPSA) is 41.5 Å². The minimum absolute atomic E-state index is 0.0394. The minimum Gasteiger partial charge on any atom is -0.491 e. The lowest BCUT2D eigenvalue weighted by Crippen LogP contribution is -2.35. The molecule has 0 spiro atoms. The molecule has 0 aliphatic carbocycles. The smallest absolute Gasteiger partial charge is 0.123 e. The zero-order valence-corrected chi connectivity index (χ0v) is 12.7. The van der Waals surface area contributed by atoms with Crippen LogP contribution in [0.1, 0.15) is 40.2 Å². The minimum atomic E-state index is -0.490. The van der Waals surface area contributed by atoms with E-state index in [4.69, 9.17) is 4.74 Å². The van der Waals surface area contributed by atoms with Crippen molar-refractivity contribution in [3.05, 3.63) is 29.8 Å². The first-order valence-corrected chi connectivity index (χ1v) is 6.94. The molecule has 3 heteroatoms. The summed E-state index contributed by atoms with van der Waals surface area (Å²) in [6, 6.07) is 8.39. The Balaban J connectivity index is 2.58. The molecule has 108 valence electrons. The molecule has 0 heterocycles. The fraction of sp³-hybridized carbons (Fsp3) is 0.625. The van der Waals surface area contributed by atoms with Crippen LogP contribution in [0.4, 0.5) is 0 Å². The number of aliphatic hydroxyl groups excluding tert-OH is 1. The van der Waals surface area contributed by atoms with E-state index in [2.05, 4.69) is 46.0 Å².